The van der Waals surface area contributed by atoms with E-state index in [0.29, 0.717) is 5.16 Å². The number of hydrogen-bond donors (Lipinski definition) is 1. The molecular weight excluding hydrogens is 274 g/mol. The summed E-state index contributed by atoms with van der Waals surface area (Å²) < 4.78 is 31.2. The van der Waals surface area contributed by atoms with E-state index in [9.17, 15) is 13.0 Å². The highest BCUT2D eigenvalue weighted by atomic mass is 35.5. The van der Waals surface area contributed by atoms with Crippen LogP contribution in [0.4, 0.5) is 0 Å². The minimum Gasteiger partial charge on any atom is -0.744 e. The summed E-state index contributed by atoms with van der Waals surface area (Å²) >= 11 is 5.46. The molecule has 0 fully saturated rings. The molecule has 1 heterocycles. The molecule has 1 N–H and O–H groups in total. The molecule has 0 saturated heterocycles. The van der Waals surface area contributed by atoms with Crippen LogP contribution in [0.25, 0.3) is 0 Å². The van der Waals surface area contributed by atoms with Crippen molar-refractivity contribution >= 4 is 21.7 Å². The molecule has 1 aromatic carbocycles. The topological polar surface area (TPSA) is 69.2 Å². The Hall–Kier alpha value is -1.39. The largest absolute Gasteiger partial charge is 0.744 e. The van der Waals surface area contributed by atoms with Gasteiger partial charge in [0.2, 0.25) is 0 Å². The zero-order chi connectivity index (χ0) is 13.6. The van der Waals surface area contributed by atoms with E-state index in [1.165, 1.54) is 12.1 Å². The van der Waals surface area contributed by atoms with Crippen molar-refractivity contribution in [3.05, 3.63) is 53.2 Å². The van der Waals surface area contributed by atoms with Gasteiger partial charge < -0.3 is 9.87 Å². The second kappa shape index (κ2) is 6.52. The number of hydrogen-bond acceptors (Lipinski definition) is 4. The number of nitrogens with one attached hydrogen (secondary N) is 1. The first-order valence-corrected chi connectivity index (χ1v) is 6.88. The van der Waals surface area contributed by atoms with Crippen molar-refractivity contribution in [3.8, 4) is 0 Å². The molecule has 0 spiro atoms. The van der Waals surface area contributed by atoms with Gasteiger partial charge in [-0.25, -0.2) is 8.42 Å². The summed E-state index contributed by atoms with van der Waals surface area (Å²) in [6.45, 7) is 2.65. The third-order valence-corrected chi connectivity index (χ3v) is 3.10. The number of rotatable bonds is 1. The fourth-order valence-corrected chi connectivity index (χ4v) is 1.71. The number of dihydropyridines is 1. The highest BCUT2D eigenvalue weighted by molar-refractivity contribution is 7.85. The van der Waals surface area contributed by atoms with Gasteiger partial charge in [0.05, 0.1) is 11.0 Å². The molecule has 96 valence electrons. The first-order chi connectivity index (χ1) is 8.39. The van der Waals surface area contributed by atoms with E-state index >= 15 is 0 Å². The monoisotopic (exact) mass is 285 g/mol. The average Bonchev–Trinajstić information content (AvgIpc) is 2.30. The summed E-state index contributed by atoms with van der Waals surface area (Å²) in [6, 6.07) is 5.78. The third-order valence-electron chi connectivity index (χ3n) is 2.01. The quantitative estimate of drug-likeness (QED) is 0.486. The molecule has 0 bridgehead atoms. The van der Waals surface area contributed by atoms with Crippen LogP contribution in [0.2, 0.25) is 0 Å². The maximum Gasteiger partial charge on any atom is 0.252 e. The predicted octanol–water partition coefficient (Wildman–Crippen LogP) is 1.93. The lowest BCUT2D eigenvalue weighted by Crippen LogP contribution is -2.10. The Balaban J connectivity index is 0.000000199. The highest BCUT2D eigenvalue weighted by Crippen LogP contribution is 2.08. The molecule has 1 aromatic rings. The lowest BCUT2D eigenvalue weighted by molar-refractivity contribution is 0.463. The molecule has 1 aliphatic heterocycles. The summed E-state index contributed by atoms with van der Waals surface area (Å²) in [5.74, 6) is 0. The van der Waals surface area contributed by atoms with Crippen molar-refractivity contribution in [2.45, 2.75) is 11.8 Å². The summed E-state index contributed by atoms with van der Waals surface area (Å²) in [5, 5.41) is 3.47. The molecule has 6 heteroatoms. The van der Waals surface area contributed by atoms with Gasteiger partial charge in [0.25, 0.3) is 5.16 Å². The van der Waals surface area contributed by atoms with Crippen LogP contribution in [0.15, 0.2) is 46.5 Å². The summed E-state index contributed by atoms with van der Waals surface area (Å²) in [6.07, 6.45) is 6.53. The number of benzene rings is 1. The van der Waals surface area contributed by atoms with Crippen LogP contribution < -0.4 is 5.32 Å². The Bertz CT molecular complexity index is 547. The summed E-state index contributed by atoms with van der Waals surface area (Å²) in [5.41, 5.74) is 0.928. The lowest BCUT2D eigenvalue weighted by Gasteiger charge is -2.05. The fourth-order valence-electron chi connectivity index (χ4n) is 1.10. The average molecular weight is 286 g/mol. The maximum atomic E-state index is 10.4. The first-order valence-electron chi connectivity index (χ1n) is 5.10. The van der Waals surface area contributed by atoms with Crippen molar-refractivity contribution in [2.75, 3.05) is 6.54 Å². The van der Waals surface area contributed by atoms with Crippen molar-refractivity contribution < 1.29 is 13.0 Å². The zero-order valence-electron chi connectivity index (χ0n) is 9.68. The van der Waals surface area contributed by atoms with E-state index in [2.05, 4.69) is 11.4 Å². The molecule has 4 nitrogen and oxygen atoms in total. The van der Waals surface area contributed by atoms with Crippen molar-refractivity contribution in [2.24, 2.45) is 0 Å². The van der Waals surface area contributed by atoms with Gasteiger partial charge in [-0.2, -0.15) is 0 Å². The highest BCUT2D eigenvalue weighted by Gasteiger charge is 2.00. The Morgan fingerprint density at radius 3 is 2.28 bits per heavy atom. The number of allylic oxidation sites excluding steroid dienone is 2. The summed E-state index contributed by atoms with van der Waals surface area (Å²) in [4.78, 5) is -0.178. The predicted molar refractivity (Wildman–Crippen MR) is 68.9 cm³/mol. The Morgan fingerprint density at radius 1 is 1.33 bits per heavy atom. The van der Waals surface area contributed by atoms with Crippen LogP contribution in [0.3, 0.4) is 0 Å². The molecule has 0 aromatic heterocycles. The molecule has 18 heavy (non-hydrogen) atoms. The second-order valence-corrected chi connectivity index (χ2v) is 5.27. The smallest absolute Gasteiger partial charge is 0.252 e. The molecule has 2 rings (SSSR count). The van der Waals surface area contributed by atoms with Gasteiger partial charge in [-0.3, -0.25) is 0 Å². The third kappa shape index (κ3) is 5.29. The number of halogens is 1. The minimum atomic E-state index is -4.27. The van der Waals surface area contributed by atoms with Crippen molar-refractivity contribution in [1.29, 1.82) is 0 Å². The molecule has 1 aliphatic rings. The summed E-state index contributed by atoms with van der Waals surface area (Å²) in [7, 11) is -4.27. The van der Waals surface area contributed by atoms with E-state index in [1.807, 2.05) is 13.0 Å². The van der Waals surface area contributed by atoms with Gasteiger partial charge in [-0.15, -0.1) is 0 Å². The van der Waals surface area contributed by atoms with Crippen LogP contribution >= 0.6 is 11.6 Å². The van der Waals surface area contributed by atoms with Gasteiger partial charge in [-0.1, -0.05) is 17.7 Å². The normalized spacial score (nSPS) is 13.6. The van der Waals surface area contributed by atoms with E-state index < -0.39 is 10.1 Å². The lowest BCUT2D eigenvalue weighted by atomic mass is 10.2. The van der Waals surface area contributed by atoms with Gasteiger partial charge in [0.1, 0.15) is 22.7 Å². The van der Waals surface area contributed by atoms with E-state index in [-0.39, 0.29) is 4.90 Å². The fraction of sp³-hybridized carbons (Fsp3) is 0.167. The van der Waals surface area contributed by atoms with Crippen LogP contribution in [-0.2, 0) is 10.1 Å². The minimum absolute atomic E-state index is 0.178. The molecule has 0 atom stereocenters. The van der Waals surface area contributed by atoms with E-state index in [4.69, 9.17) is 11.6 Å². The van der Waals surface area contributed by atoms with Gasteiger partial charge in [-0.05, 0) is 30.7 Å². The number of aryl methyl sites for hydroxylation is 1. The van der Waals surface area contributed by atoms with Crippen LogP contribution in [0, 0.1) is 13.0 Å². The van der Waals surface area contributed by atoms with E-state index in [1.54, 1.807) is 18.2 Å². The maximum absolute atomic E-state index is 10.4. The molecule has 0 unspecified atom stereocenters. The van der Waals surface area contributed by atoms with Crippen LogP contribution in [-0.4, -0.2) is 19.5 Å². The Labute approximate surface area is 112 Å². The second-order valence-electron chi connectivity index (χ2n) is 3.51. The Morgan fingerprint density at radius 2 is 1.94 bits per heavy atom. The van der Waals surface area contributed by atoms with Crippen LogP contribution in [0.5, 0.6) is 0 Å². The molecule has 0 amide bonds. The van der Waals surface area contributed by atoms with Crippen molar-refractivity contribution in [1.82, 2.24) is 5.32 Å². The molecular formula is C12H12ClNO3S. The van der Waals surface area contributed by atoms with E-state index in [0.717, 1.165) is 12.1 Å². The van der Waals surface area contributed by atoms with Gasteiger partial charge in [0.15, 0.2) is 6.08 Å². The molecule has 0 radical (unpaired) electrons. The first kappa shape index (κ1) is 14.7. The molecule has 0 saturated carbocycles. The van der Waals surface area contributed by atoms with Gasteiger partial charge in [0, 0.05) is 0 Å². The van der Waals surface area contributed by atoms with Crippen molar-refractivity contribution in [3.63, 3.8) is 0 Å². The standard InChI is InChI=1S/C7H8O3S.C5H5ClN/c1-6-2-4-7(5-3-6)11(8,9)10;6-5-3-1-2-4-7-5/h2-5H,1H3,(H,8,9,10);1-2,7H,4H2/q;+1/p-1. The molecule has 0 aliphatic carbocycles. The van der Waals surface area contributed by atoms with Crippen LogP contribution in [0.1, 0.15) is 5.56 Å². The zero-order valence-corrected chi connectivity index (χ0v) is 11.3. The SMILES string of the molecule is Cc1ccc(S(=O)(=O)[O-])cc1.ClC1=[C+]C=CCN1. The van der Waals surface area contributed by atoms with Gasteiger partial charge >= 0.3 is 0 Å². The Kier molecular flexibility index (Phi) is 5.31.